The molecule has 1 aromatic carbocycles. The van der Waals surface area contributed by atoms with Crippen LogP contribution >= 0.6 is 11.6 Å². The fourth-order valence-electron chi connectivity index (χ4n) is 5.01. The summed E-state index contributed by atoms with van der Waals surface area (Å²) in [5.74, 6) is 1.24. The lowest BCUT2D eigenvalue weighted by Gasteiger charge is -2.43. The van der Waals surface area contributed by atoms with Crippen molar-refractivity contribution in [1.29, 1.82) is 0 Å². The van der Waals surface area contributed by atoms with Gasteiger partial charge >= 0.3 is 0 Å². The summed E-state index contributed by atoms with van der Waals surface area (Å²) in [7, 11) is 0. The lowest BCUT2D eigenvalue weighted by atomic mass is 9.77. The maximum absolute atomic E-state index is 13.4. The molecule has 0 aliphatic carbocycles. The number of amides is 2. The summed E-state index contributed by atoms with van der Waals surface area (Å²) < 4.78 is 11.4. The van der Waals surface area contributed by atoms with Crippen LogP contribution in [0.25, 0.3) is 0 Å². The zero-order valence-electron chi connectivity index (χ0n) is 19.4. The molecular weight excluding hydrogens is 442 g/mol. The Morgan fingerprint density at radius 3 is 2.58 bits per heavy atom. The number of rotatable bonds is 6. The number of hydrogen-bond donors (Lipinski definition) is 0. The largest absolute Gasteiger partial charge is 0.493 e. The molecule has 0 radical (unpaired) electrons. The van der Waals surface area contributed by atoms with Crippen molar-refractivity contribution in [1.82, 2.24) is 15.0 Å². The molecule has 2 aliphatic heterocycles. The molecule has 33 heavy (non-hydrogen) atoms. The molecule has 3 heterocycles. The molecule has 7 nitrogen and oxygen atoms in total. The van der Waals surface area contributed by atoms with Crippen LogP contribution in [-0.4, -0.2) is 59.6 Å². The van der Waals surface area contributed by atoms with Gasteiger partial charge in [-0.2, -0.15) is 0 Å². The molecule has 1 aromatic heterocycles. The van der Waals surface area contributed by atoms with E-state index in [4.69, 9.17) is 20.9 Å². The Kier molecular flexibility index (Phi) is 7.27. The topological polar surface area (TPSA) is 75.9 Å². The van der Waals surface area contributed by atoms with E-state index in [1.807, 2.05) is 21.9 Å². The van der Waals surface area contributed by atoms with Gasteiger partial charge in [0.15, 0.2) is 0 Å². The second-order valence-corrected chi connectivity index (χ2v) is 9.83. The molecule has 2 aliphatic rings. The summed E-state index contributed by atoms with van der Waals surface area (Å²) in [6, 6.07) is 7.28. The number of hydrogen-bond acceptors (Lipinski definition) is 5. The smallest absolute Gasteiger partial charge is 0.259 e. The molecule has 1 atom stereocenters. The summed E-state index contributed by atoms with van der Waals surface area (Å²) in [5.41, 5.74) is 0.640. The Morgan fingerprint density at radius 2 is 1.88 bits per heavy atom. The molecule has 0 saturated carbocycles. The average molecular weight is 474 g/mol. The predicted octanol–water partition coefficient (Wildman–Crippen LogP) is 4.65. The maximum Gasteiger partial charge on any atom is 0.259 e. The zero-order valence-corrected chi connectivity index (χ0v) is 20.2. The van der Waals surface area contributed by atoms with Gasteiger partial charge in [0, 0.05) is 43.0 Å². The van der Waals surface area contributed by atoms with Crippen LogP contribution in [0.2, 0.25) is 5.02 Å². The highest BCUT2D eigenvalue weighted by Gasteiger charge is 2.42. The number of likely N-dealkylation sites (tertiary alicyclic amines) is 2. The molecule has 0 bridgehead atoms. The summed E-state index contributed by atoms with van der Waals surface area (Å²) in [6.07, 6.45) is 5.26. The van der Waals surface area contributed by atoms with E-state index >= 15 is 0 Å². The molecule has 2 aromatic rings. The minimum absolute atomic E-state index is 0.0940. The van der Waals surface area contributed by atoms with E-state index in [0.717, 1.165) is 38.8 Å². The van der Waals surface area contributed by atoms with Crippen molar-refractivity contribution in [2.75, 3.05) is 32.8 Å². The summed E-state index contributed by atoms with van der Waals surface area (Å²) >= 11 is 6.13. The molecule has 4 rings (SSSR count). The fraction of sp³-hybridized carbons (Fsp3) is 0.560. The number of aromatic nitrogens is 1. The monoisotopic (exact) mass is 473 g/mol. The van der Waals surface area contributed by atoms with Gasteiger partial charge in [0.2, 0.25) is 5.91 Å². The Labute approximate surface area is 200 Å². The Bertz CT molecular complexity index is 982. The normalized spacial score (nSPS) is 21.2. The molecule has 2 amide bonds. The van der Waals surface area contributed by atoms with E-state index in [-0.39, 0.29) is 11.8 Å². The van der Waals surface area contributed by atoms with Gasteiger partial charge in [0.1, 0.15) is 17.1 Å². The van der Waals surface area contributed by atoms with E-state index < -0.39 is 5.41 Å². The Balaban J connectivity index is 1.55. The number of piperidine rings is 2. The van der Waals surface area contributed by atoms with Crippen LogP contribution in [0.1, 0.15) is 60.3 Å². The van der Waals surface area contributed by atoms with Gasteiger partial charge in [-0.3, -0.25) is 9.59 Å². The third-order valence-corrected chi connectivity index (χ3v) is 7.01. The molecule has 178 valence electrons. The number of aryl methyl sites for hydroxylation is 2. The Morgan fingerprint density at radius 1 is 1.12 bits per heavy atom. The third-order valence-electron chi connectivity index (χ3n) is 6.77. The first-order valence-electron chi connectivity index (χ1n) is 11.8. The van der Waals surface area contributed by atoms with Crippen LogP contribution in [0.3, 0.4) is 0 Å². The summed E-state index contributed by atoms with van der Waals surface area (Å²) in [5, 5.41) is 4.54. The SMILES string of the molecule is Cc1noc(C)c1C(=O)N1CCC[C@](COc2cccc(Cl)c2)(CC(=O)N2CCCCC2)C1. The van der Waals surface area contributed by atoms with Crippen molar-refractivity contribution in [2.45, 2.75) is 52.4 Å². The lowest BCUT2D eigenvalue weighted by molar-refractivity contribution is -0.136. The van der Waals surface area contributed by atoms with Crippen LogP contribution < -0.4 is 4.74 Å². The van der Waals surface area contributed by atoms with Gasteiger partial charge in [0.25, 0.3) is 5.91 Å². The van der Waals surface area contributed by atoms with Crippen LogP contribution in [-0.2, 0) is 4.79 Å². The lowest BCUT2D eigenvalue weighted by Crippen LogP contribution is -2.51. The van der Waals surface area contributed by atoms with E-state index in [1.165, 1.54) is 6.42 Å². The average Bonchev–Trinajstić information content (AvgIpc) is 3.16. The van der Waals surface area contributed by atoms with Crippen molar-refractivity contribution >= 4 is 23.4 Å². The first-order chi connectivity index (χ1) is 15.9. The van der Waals surface area contributed by atoms with Crippen LogP contribution in [0.4, 0.5) is 0 Å². The molecule has 0 unspecified atom stereocenters. The van der Waals surface area contributed by atoms with E-state index in [0.29, 0.717) is 53.9 Å². The predicted molar refractivity (Wildman–Crippen MR) is 126 cm³/mol. The molecule has 2 saturated heterocycles. The molecule has 0 N–H and O–H groups in total. The maximum atomic E-state index is 13.4. The van der Waals surface area contributed by atoms with Gasteiger partial charge in [-0.05, 0) is 64.2 Å². The van der Waals surface area contributed by atoms with Crippen LogP contribution in [0.15, 0.2) is 28.8 Å². The molecule has 8 heteroatoms. The highest BCUT2D eigenvalue weighted by atomic mass is 35.5. The number of ether oxygens (including phenoxy) is 1. The van der Waals surface area contributed by atoms with Crippen molar-refractivity contribution in [3.8, 4) is 5.75 Å². The molecule has 0 spiro atoms. The van der Waals surface area contributed by atoms with Crippen molar-refractivity contribution < 1.29 is 18.8 Å². The first-order valence-corrected chi connectivity index (χ1v) is 12.1. The van der Waals surface area contributed by atoms with Gasteiger partial charge in [-0.25, -0.2) is 0 Å². The number of benzene rings is 1. The number of halogens is 1. The van der Waals surface area contributed by atoms with Gasteiger partial charge < -0.3 is 19.1 Å². The highest BCUT2D eigenvalue weighted by Crippen LogP contribution is 2.36. The first kappa shape index (κ1) is 23.6. The van der Waals surface area contributed by atoms with Crippen LogP contribution in [0, 0.1) is 19.3 Å². The van der Waals surface area contributed by atoms with E-state index in [9.17, 15) is 9.59 Å². The van der Waals surface area contributed by atoms with Gasteiger partial charge in [-0.1, -0.05) is 22.8 Å². The standard InChI is InChI=1S/C25H32ClN3O4/c1-18-23(19(2)33-27-18)24(31)29-13-7-10-25(16-29,15-22(30)28-11-4-3-5-12-28)17-32-21-9-6-8-20(26)14-21/h6,8-9,14H,3-5,7,10-13,15-17H2,1-2H3/t25-/m0/s1. The van der Waals surface area contributed by atoms with Gasteiger partial charge in [0.05, 0.1) is 12.3 Å². The number of carbonyl (C=O) groups is 2. The fourth-order valence-corrected chi connectivity index (χ4v) is 5.19. The van der Waals surface area contributed by atoms with Crippen molar-refractivity contribution in [2.24, 2.45) is 5.41 Å². The quantitative estimate of drug-likeness (QED) is 0.610. The number of nitrogens with zero attached hydrogens (tertiary/aromatic N) is 3. The molecular formula is C25H32ClN3O4. The second-order valence-electron chi connectivity index (χ2n) is 9.39. The minimum atomic E-state index is -0.469. The summed E-state index contributed by atoms with van der Waals surface area (Å²) in [4.78, 5) is 30.4. The minimum Gasteiger partial charge on any atom is -0.493 e. The Hall–Kier alpha value is -2.54. The van der Waals surface area contributed by atoms with Crippen molar-refractivity contribution in [3.05, 3.63) is 46.3 Å². The number of carbonyl (C=O) groups excluding carboxylic acids is 2. The second kappa shape index (κ2) is 10.2. The van der Waals surface area contributed by atoms with Crippen molar-refractivity contribution in [3.63, 3.8) is 0 Å². The van der Waals surface area contributed by atoms with Crippen LogP contribution in [0.5, 0.6) is 5.75 Å². The van der Waals surface area contributed by atoms with Gasteiger partial charge in [-0.15, -0.1) is 0 Å². The highest BCUT2D eigenvalue weighted by molar-refractivity contribution is 6.30. The van der Waals surface area contributed by atoms with E-state index in [1.54, 1.807) is 26.0 Å². The zero-order chi connectivity index (χ0) is 23.4. The summed E-state index contributed by atoms with van der Waals surface area (Å²) in [6.45, 7) is 6.60. The van der Waals surface area contributed by atoms with E-state index in [2.05, 4.69) is 5.16 Å². The molecule has 2 fully saturated rings. The third kappa shape index (κ3) is 5.52.